The van der Waals surface area contributed by atoms with E-state index in [2.05, 4.69) is 15.4 Å². The van der Waals surface area contributed by atoms with Crippen molar-refractivity contribution in [2.45, 2.75) is 17.8 Å². The second kappa shape index (κ2) is 7.83. The molecule has 0 saturated heterocycles. The van der Waals surface area contributed by atoms with E-state index in [1.165, 1.54) is 11.8 Å². The second-order valence-electron chi connectivity index (χ2n) is 5.10. The van der Waals surface area contributed by atoms with Crippen LogP contribution in [0.4, 0.5) is 5.82 Å². The van der Waals surface area contributed by atoms with E-state index in [4.69, 9.17) is 11.6 Å². The molecule has 24 heavy (non-hydrogen) atoms. The van der Waals surface area contributed by atoms with Gasteiger partial charge < -0.3 is 5.32 Å². The molecule has 0 aliphatic heterocycles. The van der Waals surface area contributed by atoms with Crippen molar-refractivity contribution in [3.8, 4) is 0 Å². The Morgan fingerprint density at radius 1 is 1.42 bits per heavy atom. The van der Waals surface area contributed by atoms with Crippen LogP contribution in [-0.4, -0.2) is 26.4 Å². The van der Waals surface area contributed by atoms with Crippen LogP contribution in [0, 0.1) is 6.92 Å². The summed E-state index contributed by atoms with van der Waals surface area (Å²) in [6.07, 6.45) is 1.66. The highest BCUT2D eigenvalue weighted by atomic mass is 35.5. The molecule has 2 heterocycles. The Morgan fingerprint density at radius 2 is 2.29 bits per heavy atom. The number of hydrogen-bond donors (Lipinski definition) is 1. The first-order chi connectivity index (χ1) is 11.6. The summed E-state index contributed by atoms with van der Waals surface area (Å²) < 4.78 is 2.64. The summed E-state index contributed by atoms with van der Waals surface area (Å²) in [4.78, 5) is 16.5. The third kappa shape index (κ3) is 4.59. The highest BCUT2D eigenvalue weighted by Gasteiger charge is 2.10. The fourth-order valence-electron chi connectivity index (χ4n) is 2.08. The van der Waals surface area contributed by atoms with E-state index >= 15 is 0 Å². The van der Waals surface area contributed by atoms with Gasteiger partial charge in [0, 0.05) is 22.2 Å². The molecule has 1 amide bonds. The van der Waals surface area contributed by atoms with E-state index in [-0.39, 0.29) is 5.91 Å². The zero-order valence-electron chi connectivity index (χ0n) is 12.9. The number of thioether (sulfide) groups is 1. The zero-order chi connectivity index (χ0) is 16.9. The Kier molecular flexibility index (Phi) is 5.55. The molecule has 3 aromatic rings. The molecule has 1 aromatic carbocycles. The van der Waals surface area contributed by atoms with Gasteiger partial charge in [0.2, 0.25) is 5.91 Å². The number of aromatic nitrogens is 3. The van der Waals surface area contributed by atoms with Gasteiger partial charge >= 0.3 is 0 Å². The lowest BCUT2D eigenvalue weighted by atomic mass is 10.2. The average molecular weight is 379 g/mol. The Morgan fingerprint density at radius 3 is 3.04 bits per heavy atom. The second-order valence-corrected chi connectivity index (χ2v) is 7.61. The average Bonchev–Trinajstić information content (AvgIpc) is 3.15. The molecule has 0 unspecified atom stereocenters. The lowest BCUT2D eigenvalue weighted by molar-refractivity contribution is -0.113. The molecule has 8 heteroatoms. The standard InChI is InChI=1S/C16H15ClN4OS2/c1-11-9-23-16(19-11)24-10-15(22)20-14-5-6-18-21(14)8-12-3-2-4-13(17)7-12/h2-7,9H,8,10H2,1H3,(H,20,22). The van der Waals surface area contributed by atoms with Crippen molar-refractivity contribution in [1.29, 1.82) is 0 Å². The Labute approximate surface area is 153 Å². The van der Waals surface area contributed by atoms with Crippen molar-refractivity contribution in [3.63, 3.8) is 0 Å². The number of anilines is 1. The lowest BCUT2D eigenvalue weighted by Gasteiger charge is -2.09. The van der Waals surface area contributed by atoms with Crippen LogP contribution in [-0.2, 0) is 11.3 Å². The van der Waals surface area contributed by atoms with Crippen molar-refractivity contribution >= 4 is 46.4 Å². The smallest absolute Gasteiger partial charge is 0.235 e. The number of nitrogens with zero attached hydrogens (tertiary/aromatic N) is 3. The fourth-order valence-corrected chi connectivity index (χ4v) is 3.94. The van der Waals surface area contributed by atoms with Crippen LogP contribution >= 0.6 is 34.7 Å². The van der Waals surface area contributed by atoms with Crippen LogP contribution in [0.5, 0.6) is 0 Å². The van der Waals surface area contributed by atoms with Crippen molar-refractivity contribution < 1.29 is 4.79 Å². The van der Waals surface area contributed by atoms with E-state index < -0.39 is 0 Å². The predicted octanol–water partition coefficient (Wildman–Crippen LogP) is 4.08. The summed E-state index contributed by atoms with van der Waals surface area (Å²) in [6, 6.07) is 9.36. The number of halogens is 1. The maximum absolute atomic E-state index is 12.1. The number of hydrogen-bond acceptors (Lipinski definition) is 5. The van der Waals surface area contributed by atoms with Crippen molar-refractivity contribution in [2.75, 3.05) is 11.1 Å². The SMILES string of the molecule is Cc1csc(SCC(=O)Nc2ccnn2Cc2cccc(Cl)c2)n1. The largest absolute Gasteiger partial charge is 0.310 e. The maximum atomic E-state index is 12.1. The summed E-state index contributed by atoms with van der Waals surface area (Å²) in [5, 5.41) is 9.80. The molecule has 0 aliphatic rings. The molecular formula is C16H15ClN4OS2. The molecule has 5 nitrogen and oxygen atoms in total. The van der Waals surface area contributed by atoms with Gasteiger partial charge in [0.15, 0.2) is 4.34 Å². The first kappa shape index (κ1) is 17.0. The number of amides is 1. The minimum Gasteiger partial charge on any atom is -0.310 e. The summed E-state index contributed by atoms with van der Waals surface area (Å²) >= 11 is 8.98. The van der Waals surface area contributed by atoms with E-state index in [1.807, 2.05) is 36.6 Å². The van der Waals surface area contributed by atoms with Gasteiger partial charge in [-0.25, -0.2) is 9.67 Å². The Hall–Kier alpha value is -1.83. The molecule has 2 aromatic heterocycles. The maximum Gasteiger partial charge on any atom is 0.235 e. The molecule has 1 N–H and O–H groups in total. The lowest BCUT2D eigenvalue weighted by Crippen LogP contribution is -2.17. The minimum absolute atomic E-state index is 0.0827. The van der Waals surface area contributed by atoms with Crippen LogP contribution in [0.3, 0.4) is 0 Å². The molecular weight excluding hydrogens is 364 g/mol. The van der Waals surface area contributed by atoms with Crippen LogP contribution in [0.2, 0.25) is 5.02 Å². The third-order valence-electron chi connectivity index (χ3n) is 3.13. The molecule has 124 valence electrons. The third-order valence-corrected chi connectivity index (χ3v) is 5.50. The van der Waals surface area contributed by atoms with Gasteiger partial charge in [-0.3, -0.25) is 4.79 Å². The molecule has 0 bridgehead atoms. The van der Waals surface area contributed by atoms with Crippen molar-refractivity contribution in [2.24, 2.45) is 0 Å². The highest BCUT2D eigenvalue weighted by molar-refractivity contribution is 8.01. The first-order valence-electron chi connectivity index (χ1n) is 7.21. The van der Waals surface area contributed by atoms with Gasteiger partial charge in [0.05, 0.1) is 18.5 Å². The zero-order valence-corrected chi connectivity index (χ0v) is 15.3. The Balaban J connectivity index is 1.59. The summed E-state index contributed by atoms with van der Waals surface area (Å²) in [5.74, 6) is 0.895. The highest BCUT2D eigenvalue weighted by Crippen LogP contribution is 2.22. The predicted molar refractivity (Wildman–Crippen MR) is 99.0 cm³/mol. The van der Waals surface area contributed by atoms with Gasteiger partial charge in [-0.05, 0) is 24.6 Å². The van der Waals surface area contributed by atoms with Gasteiger partial charge in [0.1, 0.15) is 5.82 Å². The van der Waals surface area contributed by atoms with Crippen molar-refractivity contribution in [3.05, 3.63) is 58.2 Å². The van der Waals surface area contributed by atoms with Crippen LogP contribution < -0.4 is 5.32 Å². The molecule has 0 atom stereocenters. The normalized spacial score (nSPS) is 10.8. The fraction of sp³-hybridized carbons (Fsp3) is 0.188. The molecule has 0 aliphatic carbocycles. The van der Waals surface area contributed by atoms with E-state index in [0.717, 1.165) is 15.6 Å². The van der Waals surface area contributed by atoms with E-state index in [0.29, 0.717) is 23.1 Å². The Bertz CT molecular complexity index is 846. The number of thiazole rings is 1. The van der Waals surface area contributed by atoms with Crippen LogP contribution in [0.1, 0.15) is 11.3 Å². The number of rotatable bonds is 6. The quantitative estimate of drug-likeness (QED) is 0.656. The summed E-state index contributed by atoms with van der Waals surface area (Å²) in [5.41, 5.74) is 2.00. The summed E-state index contributed by atoms with van der Waals surface area (Å²) in [6.45, 7) is 2.48. The molecule has 3 rings (SSSR count). The molecule has 0 radical (unpaired) electrons. The van der Waals surface area contributed by atoms with E-state index in [1.54, 1.807) is 28.3 Å². The number of nitrogens with one attached hydrogen (secondary N) is 1. The number of benzene rings is 1. The van der Waals surface area contributed by atoms with Gasteiger partial charge in [-0.1, -0.05) is 35.5 Å². The monoisotopic (exact) mass is 378 g/mol. The molecule has 0 spiro atoms. The molecule has 0 fully saturated rings. The van der Waals surface area contributed by atoms with Gasteiger partial charge in [0.25, 0.3) is 0 Å². The van der Waals surface area contributed by atoms with Crippen molar-refractivity contribution in [1.82, 2.24) is 14.8 Å². The minimum atomic E-state index is -0.0827. The van der Waals surface area contributed by atoms with Crippen LogP contribution in [0.15, 0.2) is 46.2 Å². The van der Waals surface area contributed by atoms with Gasteiger partial charge in [-0.2, -0.15) is 5.10 Å². The number of carbonyl (C=O) groups is 1. The van der Waals surface area contributed by atoms with Gasteiger partial charge in [-0.15, -0.1) is 11.3 Å². The van der Waals surface area contributed by atoms with E-state index in [9.17, 15) is 4.79 Å². The number of carbonyl (C=O) groups excluding carboxylic acids is 1. The first-order valence-corrected chi connectivity index (χ1v) is 9.45. The van der Waals surface area contributed by atoms with Crippen LogP contribution in [0.25, 0.3) is 0 Å². The topological polar surface area (TPSA) is 59.8 Å². The summed E-state index contributed by atoms with van der Waals surface area (Å²) in [7, 11) is 0. The number of aryl methyl sites for hydroxylation is 1. The molecule has 0 saturated carbocycles.